The van der Waals surface area contributed by atoms with Crippen molar-refractivity contribution in [3.63, 3.8) is 0 Å². The maximum Gasteiger partial charge on any atom is 0.318 e. The molecule has 0 aliphatic carbocycles. The Bertz CT molecular complexity index is 454. The van der Waals surface area contributed by atoms with Crippen molar-refractivity contribution in [3.05, 3.63) is 29.3 Å². The van der Waals surface area contributed by atoms with Crippen LogP contribution in [0.5, 0.6) is 0 Å². The van der Waals surface area contributed by atoms with Crippen LogP contribution in [0.4, 0.5) is 5.69 Å². The molecule has 0 bridgehead atoms. The van der Waals surface area contributed by atoms with Gasteiger partial charge in [0.2, 0.25) is 5.91 Å². The standard InChI is InChI=1S/C14H19NO3S/c1-9-6-5-7-10(2)13(9)15-12(16)8-19-11(3)14(17)18-4/h5-7,11H,8H2,1-4H3,(H,15,16)/t11-/m1/s1. The first-order valence-corrected chi connectivity index (χ1v) is 7.06. The largest absolute Gasteiger partial charge is 0.468 e. The van der Waals surface area contributed by atoms with E-state index in [0.717, 1.165) is 16.8 Å². The van der Waals surface area contributed by atoms with Crippen LogP contribution < -0.4 is 5.32 Å². The zero-order chi connectivity index (χ0) is 14.4. The number of thioether (sulfide) groups is 1. The monoisotopic (exact) mass is 281 g/mol. The van der Waals surface area contributed by atoms with E-state index in [-0.39, 0.29) is 22.9 Å². The number of para-hydroxylation sites is 1. The summed E-state index contributed by atoms with van der Waals surface area (Å²) < 4.78 is 4.61. The number of nitrogens with one attached hydrogen (secondary N) is 1. The lowest BCUT2D eigenvalue weighted by Gasteiger charge is -2.12. The van der Waals surface area contributed by atoms with Crippen LogP contribution in [0.25, 0.3) is 0 Å². The highest BCUT2D eigenvalue weighted by Gasteiger charge is 2.16. The van der Waals surface area contributed by atoms with E-state index in [1.807, 2.05) is 32.0 Å². The van der Waals surface area contributed by atoms with E-state index in [0.29, 0.717) is 0 Å². The Kier molecular flexibility index (Phi) is 5.89. The number of carbonyl (C=O) groups is 2. The molecular weight excluding hydrogens is 262 g/mol. The lowest BCUT2D eigenvalue weighted by Crippen LogP contribution is -2.21. The van der Waals surface area contributed by atoms with Crippen molar-refractivity contribution >= 4 is 29.3 Å². The lowest BCUT2D eigenvalue weighted by atomic mass is 10.1. The van der Waals surface area contributed by atoms with E-state index in [1.54, 1.807) is 6.92 Å². The van der Waals surface area contributed by atoms with E-state index in [4.69, 9.17) is 0 Å². The minimum Gasteiger partial charge on any atom is -0.468 e. The molecule has 1 amide bonds. The van der Waals surface area contributed by atoms with Crippen LogP contribution in [-0.4, -0.2) is 30.0 Å². The van der Waals surface area contributed by atoms with Crippen molar-refractivity contribution in [1.82, 2.24) is 0 Å². The summed E-state index contributed by atoms with van der Waals surface area (Å²) in [7, 11) is 1.34. The Labute approximate surface area is 117 Å². The van der Waals surface area contributed by atoms with Gasteiger partial charge in [0.15, 0.2) is 0 Å². The summed E-state index contributed by atoms with van der Waals surface area (Å²) in [5.74, 6) is -0.202. The van der Waals surface area contributed by atoms with Gasteiger partial charge in [0.1, 0.15) is 5.25 Å². The summed E-state index contributed by atoms with van der Waals surface area (Å²) in [5, 5.41) is 2.54. The topological polar surface area (TPSA) is 55.4 Å². The molecule has 104 valence electrons. The second-order valence-corrected chi connectivity index (χ2v) is 5.62. The molecular formula is C14H19NO3S. The molecule has 0 aliphatic heterocycles. The average molecular weight is 281 g/mol. The van der Waals surface area contributed by atoms with Gasteiger partial charge in [-0.15, -0.1) is 11.8 Å². The molecule has 4 nitrogen and oxygen atoms in total. The number of benzene rings is 1. The molecule has 1 aromatic carbocycles. The summed E-state index contributed by atoms with van der Waals surface area (Å²) >= 11 is 1.26. The second kappa shape index (κ2) is 7.19. The predicted molar refractivity (Wildman–Crippen MR) is 78.5 cm³/mol. The minimum absolute atomic E-state index is 0.113. The van der Waals surface area contributed by atoms with Crippen LogP contribution in [0.15, 0.2) is 18.2 Å². The van der Waals surface area contributed by atoms with Gasteiger partial charge >= 0.3 is 5.97 Å². The highest BCUT2D eigenvalue weighted by atomic mass is 32.2. The molecule has 0 fully saturated rings. The molecule has 0 radical (unpaired) electrons. The van der Waals surface area contributed by atoms with Crippen LogP contribution in [0.3, 0.4) is 0 Å². The molecule has 0 saturated carbocycles. The van der Waals surface area contributed by atoms with Crippen LogP contribution in [0.2, 0.25) is 0 Å². The Morgan fingerprint density at radius 3 is 2.42 bits per heavy atom. The average Bonchev–Trinajstić information content (AvgIpc) is 2.39. The van der Waals surface area contributed by atoms with Gasteiger partial charge in [0, 0.05) is 5.69 Å². The van der Waals surface area contributed by atoms with Gasteiger partial charge in [0.25, 0.3) is 0 Å². The summed E-state index contributed by atoms with van der Waals surface area (Å²) in [6.07, 6.45) is 0. The predicted octanol–water partition coefficient (Wildman–Crippen LogP) is 2.54. The first kappa shape index (κ1) is 15.6. The maximum absolute atomic E-state index is 11.8. The van der Waals surface area contributed by atoms with Gasteiger partial charge in [-0.25, -0.2) is 0 Å². The molecule has 0 unspecified atom stereocenters. The fourth-order valence-electron chi connectivity index (χ4n) is 1.62. The molecule has 1 aromatic rings. The molecule has 0 aromatic heterocycles. The third-order valence-corrected chi connectivity index (χ3v) is 3.86. The Morgan fingerprint density at radius 1 is 1.32 bits per heavy atom. The smallest absolute Gasteiger partial charge is 0.318 e. The minimum atomic E-state index is -0.339. The number of esters is 1. The van der Waals surface area contributed by atoms with E-state index in [9.17, 15) is 9.59 Å². The number of amides is 1. The van der Waals surface area contributed by atoms with Crippen molar-refractivity contribution in [1.29, 1.82) is 0 Å². The molecule has 0 aliphatic rings. The zero-order valence-corrected chi connectivity index (χ0v) is 12.5. The molecule has 1 atom stereocenters. The third-order valence-electron chi connectivity index (χ3n) is 2.74. The Hall–Kier alpha value is -1.49. The van der Waals surface area contributed by atoms with Crippen LogP contribution >= 0.6 is 11.8 Å². The highest BCUT2D eigenvalue weighted by Crippen LogP contribution is 2.20. The summed E-state index contributed by atoms with van der Waals surface area (Å²) in [6, 6.07) is 5.86. The van der Waals surface area contributed by atoms with E-state index >= 15 is 0 Å². The third kappa shape index (κ3) is 4.59. The van der Waals surface area contributed by atoms with Gasteiger partial charge in [-0.05, 0) is 31.9 Å². The van der Waals surface area contributed by atoms with Gasteiger partial charge < -0.3 is 10.1 Å². The second-order valence-electron chi connectivity index (χ2n) is 4.29. The fraction of sp³-hybridized carbons (Fsp3) is 0.429. The molecule has 0 saturated heterocycles. The van der Waals surface area contributed by atoms with E-state index in [1.165, 1.54) is 18.9 Å². The van der Waals surface area contributed by atoms with Gasteiger partial charge in [-0.3, -0.25) is 9.59 Å². The zero-order valence-electron chi connectivity index (χ0n) is 11.6. The van der Waals surface area contributed by atoms with E-state index < -0.39 is 0 Å². The highest BCUT2D eigenvalue weighted by molar-refractivity contribution is 8.01. The normalized spacial score (nSPS) is 11.8. The first-order chi connectivity index (χ1) is 8.95. The first-order valence-electron chi connectivity index (χ1n) is 6.01. The summed E-state index contributed by atoms with van der Waals surface area (Å²) in [6.45, 7) is 5.63. The van der Waals surface area contributed by atoms with Gasteiger partial charge in [-0.1, -0.05) is 18.2 Å². The fourth-order valence-corrected chi connectivity index (χ4v) is 2.33. The number of hydrogen-bond donors (Lipinski definition) is 1. The molecule has 19 heavy (non-hydrogen) atoms. The van der Waals surface area contributed by atoms with Crippen molar-refractivity contribution in [2.45, 2.75) is 26.0 Å². The van der Waals surface area contributed by atoms with Crippen molar-refractivity contribution in [2.24, 2.45) is 0 Å². The summed E-state index contributed by atoms with van der Waals surface area (Å²) in [4.78, 5) is 23.1. The number of anilines is 1. The van der Waals surface area contributed by atoms with Crippen LogP contribution in [0.1, 0.15) is 18.1 Å². The van der Waals surface area contributed by atoms with Gasteiger partial charge in [0.05, 0.1) is 12.9 Å². The molecule has 0 heterocycles. The van der Waals surface area contributed by atoms with E-state index in [2.05, 4.69) is 10.1 Å². The number of hydrogen-bond acceptors (Lipinski definition) is 4. The van der Waals surface area contributed by atoms with Gasteiger partial charge in [-0.2, -0.15) is 0 Å². The number of carbonyl (C=O) groups excluding carboxylic acids is 2. The van der Waals surface area contributed by atoms with Crippen molar-refractivity contribution < 1.29 is 14.3 Å². The van der Waals surface area contributed by atoms with Crippen molar-refractivity contribution in [3.8, 4) is 0 Å². The molecule has 5 heteroatoms. The SMILES string of the molecule is COC(=O)[C@@H](C)SCC(=O)Nc1c(C)cccc1C. The quantitative estimate of drug-likeness (QED) is 0.843. The van der Waals surface area contributed by atoms with Crippen LogP contribution in [-0.2, 0) is 14.3 Å². The number of rotatable bonds is 5. The molecule has 1 N–H and O–H groups in total. The number of aryl methyl sites for hydroxylation is 2. The molecule has 0 spiro atoms. The lowest BCUT2D eigenvalue weighted by molar-refractivity contribution is -0.139. The number of methoxy groups -OCH3 is 1. The summed E-state index contributed by atoms with van der Waals surface area (Å²) in [5.41, 5.74) is 2.90. The maximum atomic E-state index is 11.8. The van der Waals surface area contributed by atoms with Crippen LogP contribution in [0, 0.1) is 13.8 Å². The Morgan fingerprint density at radius 2 is 1.89 bits per heavy atom. The Balaban J connectivity index is 2.54. The number of ether oxygens (including phenoxy) is 1. The van der Waals surface area contributed by atoms with Crippen molar-refractivity contribution in [2.75, 3.05) is 18.2 Å². The molecule has 1 rings (SSSR count).